The van der Waals surface area contributed by atoms with Crippen LogP contribution in [-0.2, 0) is 89.4 Å². The highest BCUT2D eigenvalue weighted by Gasteiger charge is 2.58. The second kappa shape index (κ2) is 29.4. The monoisotopic (exact) mass is 1860 g/mol. The van der Waals surface area contributed by atoms with Crippen LogP contribution in [0.25, 0.3) is 159 Å². The quantitative estimate of drug-likeness (QED) is 0.122. The molecule has 0 saturated carbocycles. The van der Waals surface area contributed by atoms with E-state index in [1.165, 1.54) is 70.7 Å². The molecule has 0 amide bonds. The van der Waals surface area contributed by atoms with Crippen molar-refractivity contribution in [1.29, 1.82) is 0 Å². The van der Waals surface area contributed by atoms with Gasteiger partial charge >= 0.3 is 0 Å². The normalized spacial score (nSPS) is 23.5. The molecule has 140 heavy (non-hydrogen) atoms. The fourth-order valence-electron chi connectivity index (χ4n) is 26.1. The van der Waals surface area contributed by atoms with E-state index in [0.29, 0.717) is 27.7 Å². The van der Waals surface area contributed by atoms with Crippen molar-refractivity contribution >= 4 is 137 Å². The highest BCUT2D eigenvalue weighted by molar-refractivity contribution is 6.20. The number of rotatable bonds is 2. The molecule has 15 heterocycles. The van der Waals surface area contributed by atoms with Gasteiger partial charge < -0.3 is 0 Å². The van der Waals surface area contributed by atoms with E-state index in [-0.39, 0.29) is 5.56 Å². The van der Waals surface area contributed by atoms with Gasteiger partial charge in [-0.05, 0) is 99.8 Å². The molecule has 0 spiro atoms. The predicted molar refractivity (Wildman–Crippen MR) is 587 cm³/mol. The number of aryl methyl sites for hydroxylation is 13. The molecular formula is C130H139N10+5. The van der Waals surface area contributed by atoms with Crippen molar-refractivity contribution in [2.45, 2.75) is 248 Å². The van der Waals surface area contributed by atoms with Gasteiger partial charge in [-0.2, -0.15) is 22.0 Å². The average Bonchev–Trinajstić information content (AvgIpc) is 1.49. The Bertz CT molecular complexity index is 10200. The minimum absolute atomic E-state index is 0.283. The van der Waals surface area contributed by atoms with Crippen LogP contribution < -0.4 is 22.8 Å². The number of hydrogen-bond acceptors (Lipinski definition) is 0. The molecule has 0 saturated heterocycles. The lowest BCUT2D eigenvalue weighted by atomic mass is 9.60. The van der Waals surface area contributed by atoms with Gasteiger partial charge in [-0.15, -0.1) is 0 Å². The Balaban J connectivity index is 0.000000109. The van der Waals surface area contributed by atoms with Crippen LogP contribution in [-0.4, -0.2) is 22.0 Å². The van der Waals surface area contributed by atoms with E-state index in [0.717, 1.165) is 156 Å². The van der Waals surface area contributed by atoms with Gasteiger partial charge in [0, 0.05) is 176 Å². The Morgan fingerprint density at radius 1 is 0.214 bits per heavy atom. The molecule has 10 aromatic heterocycles. The van der Waals surface area contributed by atoms with E-state index in [2.05, 4.69) is 227 Å². The van der Waals surface area contributed by atoms with Gasteiger partial charge in [0.2, 0.25) is 0 Å². The smallest absolute Gasteiger partial charge is 0.232 e. The molecule has 5 atom stereocenters. The molecule has 10 nitrogen and oxygen atoms in total. The Morgan fingerprint density at radius 3 is 0.807 bits per heavy atom. The van der Waals surface area contributed by atoms with Gasteiger partial charge in [-0.1, -0.05) is 363 Å². The van der Waals surface area contributed by atoms with E-state index in [1.807, 2.05) is 229 Å². The molecule has 0 bridgehead atoms. The third kappa shape index (κ3) is 11.2. The molecule has 10 heteroatoms. The zero-order valence-corrected chi connectivity index (χ0v) is 85.6. The molecular weight excluding hydrogens is 1700 g/mol. The van der Waals surface area contributed by atoms with Gasteiger partial charge in [0.15, 0.2) is 39.9 Å². The molecule has 0 fully saturated rings. The highest BCUT2D eigenvalue weighted by atomic mass is 15.2. The van der Waals surface area contributed by atoms with Gasteiger partial charge in [0.25, 0.3) is 28.2 Å². The summed E-state index contributed by atoms with van der Waals surface area (Å²) in [6.45, 7) is 26.7. The summed E-state index contributed by atoms with van der Waals surface area (Å²) in [5.74, 6) is 0. The first-order valence-electron chi connectivity index (χ1n) is 59.8. The van der Waals surface area contributed by atoms with Crippen molar-refractivity contribution in [2.24, 2.45) is 35.2 Å². The Hall–Kier alpha value is -13.3. The largest absolute Gasteiger partial charge is 0.295 e. The molecule has 5 unspecified atom stereocenters. The van der Waals surface area contributed by atoms with Crippen molar-refractivity contribution in [1.82, 2.24) is 22.0 Å². The zero-order valence-electron chi connectivity index (χ0n) is 107. The van der Waals surface area contributed by atoms with Gasteiger partial charge in [-0.25, -0.2) is 22.8 Å². The average molecular weight is 1860 g/mol. The molecule has 0 N–H and O–H groups in total. The Labute approximate surface area is 855 Å². The maximum Gasteiger partial charge on any atom is 0.295 e. The third-order valence-corrected chi connectivity index (χ3v) is 35.9. The lowest BCUT2D eigenvalue weighted by molar-refractivity contribution is -0.644. The maximum absolute atomic E-state index is 8.91. The zero-order chi connectivity index (χ0) is 117. The van der Waals surface area contributed by atoms with E-state index >= 15 is 0 Å². The maximum atomic E-state index is 8.91. The Morgan fingerprint density at radius 2 is 0.464 bits per heavy atom. The van der Waals surface area contributed by atoms with Crippen LogP contribution in [0.15, 0.2) is 243 Å². The van der Waals surface area contributed by atoms with Crippen LogP contribution in [0.5, 0.6) is 0 Å². The minimum atomic E-state index is -2.35. The van der Waals surface area contributed by atoms with E-state index in [9.17, 15) is 0 Å². The van der Waals surface area contributed by atoms with Crippen LogP contribution in [0.2, 0.25) is 0 Å². The van der Waals surface area contributed by atoms with Crippen LogP contribution >= 0.6 is 0 Å². The van der Waals surface area contributed by atoms with Crippen LogP contribution in [0, 0.1) is 55.2 Å². The summed E-state index contributed by atoms with van der Waals surface area (Å²) in [6, 6.07) is 75.5. The molecule has 5 aliphatic rings. The van der Waals surface area contributed by atoms with Crippen LogP contribution in [0.1, 0.15) is 268 Å². The number of para-hydroxylation sites is 2. The molecule has 12 aromatic carbocycles. The van der Waals surface area contributed by atoms with Crippen molar-refractivity contribution in [3.8, 4) is 22.5 Å². The first-order chi connectivity index (χ1) is 74.7. The van der Waals surface area contributed by atoms with Crippen molar-refractivity contribution in [3.63, 3.8) is 0 Å². The number of aromatic nitrogens is 10. The second-order valence-electron chi connectivity index (χ2n) is 45.0. The highest BCUT2D eigenvalue weighted by Crippen LogP contribution is 2.60. The first kappa shape index (κ1) is 69.5. The number of nitrogens with zero attached hydrogens (tertiary/aromatic N) is 10. The second-order valence-corrected chi connectivity index (χ2v) is 45.0. The number of fused-ring (bicyclic) bond motifs is 15. The topological polar surface area (TPSA) is 41.4 Å². The molecule has 22 aromatic rings. The van der Waals surface area contributed by atoms with E-state index in [1.54, 1.807) is 12.1 Å². The fourth-order valence-corrected chi connectivity index (χ4v) is 26.1. The first-order valence-corrected chi connectivity index (χ1v) is 49.3. The fraction of sp³-hybridized carbons (Fsp3) is 0.331. The number of hydrogen-bond donors (Lipinski definition) is 0. The van der Waals surface area contributed by atoms with Gasteiger partial charge in [0.1, 0.15) is 46.2 Å². The molecule has 5 aliphatic heterocycles. The summed E-state index contributed by atoms with van der Waals surface area (Å²) in [4.78, 5) is 0. The number of pyridine rings is 5. The van der Waals surface area contributed by atoms with Gasteiger partial charge in [-0.3, -0.25) is 0 Å². The summed E-state index contributed by atoms with van der Waals surface area (Å²) in [7, 11) is 10.1. The standard InChI is InChI=1S/C30H31N2.C29H29N2.2C24H27N2.C23H25N2/c1-18-12-11-15-21-23-19(2)16-17-22-26(23)32-27(30(5,6)29(22,3)4)25(20-13-9-8-10-14-20)31(7)28(32)24(18)21;1-18-12-10-15-20-21-16-11-17-22-25(21)31-26(29(4,5)28(22,2)3)24(19-13-8-7-9-14-19)30(6)27(31)23(18)20;2*1-14-9-8-10-16-19-15(2)11-12-17-21(19)26-18(24(5,6)23(17,3)4)13-25(7)22(26)20(14)16;1-14-9-7-10-15-16-11-8-12-17-20(16)25-18(23(4,5)22(17,2)3)13-24(6)21(25)19(14)15/h8-17H,1-7H3;7-17H,1-6H3;2*8-13H,1-7H3;7-13H,1-6H3/q5*+1/i2D3,5D3;4D3;2D3,5D3;5D3;4D3. The van der Waals surface area contributed by atoms with Crippen LogP contribution in [0.3, 0.4) is 0 Å². The summed E-state index contributed by atoms with van der Waals surface area (Å²) in [6.07, 6.45) is 5.99. The number of benzene rings is 12. The lowest BCUT2D eigenvalue weighted by Gasteiger charge is -2.43. The van der Waals surface area contributed by atoms with Crippen molar-refractivity contribution in [3.05, 3.63) is 344 Å². The van der Waals surface area contributed by atoms with E-state index in [4.69, 9.17) is 28.8 Å². The van der Waals surface area contributed by atoms with Crippen molar-refractivity contribution < 1.29 is 51.6 Å². The summed E-state index contributed by atoms with van der Waals surface area (Å²) >= 11 is 0. The minimum Gasteiger partial charge on any atom is -0.232 e. The molecule has 704 valence electrons. The third-order valence-electron chi connectivity index (χ3n) is 35.9. The van der Waals surface area contributed by atoms with Gasteiger partial charge in [0.05, 0.1) is 62.2 Å². The van der Waals surface area contributed by atoms with Crippen molar-refractivity contribution in [2.75, 3.05) is 0 Å². The molecule has 0 aliphatic carbocycles. The SMILES string of the molecule is [2H]C([2H])([2H])C1(C)c2c(-c3ccccc3)[n+](C)c3c4c(C)cccc4c4cccc(c4n23)C1(C)C.[2H]C([2H])([2H])C1(C)c2c[n+](C)c3c4c(C)cccc4c4c(C)ccc(c4n23)C1(C)C.[2H]C([2H])([2H])C1(C)c2c[n+](C)c3c4c(C)cccc4c4cccc(c4n23)C1(C)C.[2H]C([2H])([2H])c1ccc2c3c1c1cccc(C)c1c1n3c(c(-c3ccccc3)[n+]1C)C(C)(C([2H])([2H])[2H])C2(C)C.[2H]C([2H])([2H])c1ccc2c3c1c1cccc(C)c1c1n3c(c[n+]1C)C(C)(C([2H])([2H])[2H])C2(C)C. The number of imidazole rings is 5. The lowest BCUT2D eigenvalue weighted by Crippen LogP contribution is -2.44. The Kier molecular flexibility index (Phi) is 14.6. The molecule has 27 rings (SSSR count). The summed E-state index contributed by atoms with van der Waals surface area (Å²) < 4.78 is 201. The predicted octanol–water partition coefficient (Wildman–Crippen LogP) is 29.0. The summed E-state index contributed by atoms with van der Waals surface area (Å²) in [5, 5.41) is 15.8. The van der Waals surface area contributed by atoms with Crippen LogP contribution in [0.4, 0.5) is 0 Å². The molecule has 0 radical (unpaired) electrons. The van der Waals surface area contributed by atoms with E-state index < -0.39 is 102 Å². The summed E-state index contributed by atoms with van der Waals surface area (Å²) in [5.41, 5.74) is 21.1.